The number of rotatable bonds is 2. The second-order valence-electron chi connectivity index (χ2n) is 3.59. The van der Waals surface area contributed by atoms with Crippen LogP contribution in [0.2, 0.25) is 0 Å². The Morgan fingerprint density at radius 1 is 1.39 bits per heavy atom. The van der Waals surface area contributed by atoms with Gasteiger partial charge >= 0.3 is 0 Å². The van der Waals surface area contributed by atoms with Crippen molar-refractivity contribution in [3.8, 4) is 5.82 Å². The number of aromatic nitrogens is 6. The summed E-state index contributed by atoms with van der Waals surface area (Å²) in [5.41, 5.74) is 1.13. The van der Waals surface area contributed by atoms with Gasteiger partial charge in [-0.05, 0) is 18.6 Å². The van der Waals surface area contributed by atoms with Gasteiger partial charge in [0.1, 0.15) is 0 Å². The number of aliphatic hydroxyl groups is 1. The molecular weight excluding hydrogens is 406 g/mol. The summed E-state index contributed by atoms with van der Waals surface area (Å²) >= 11 is 0. The van der Waals surface area contributed by atoms with Crippen LogP contribution in [0.3, 0.4) is 0 Å². The van der Waals surface area contributed by atoms with Crippen LogP contribution >= 0.6 is 0 Å². The van der Waals surface area contributed by atoms with Crippen molar-refractivity contribution in [2.75, 3.05) is 0 Å². The molecule has 0 spiro atoms. The Kier molecular flexibility index (Phi) is 3.52. The topological polar surface area (TPSA) is 90.8 Å². The van der Waals surface area contributed by atoms with Crippen molar-refractivity contribution in [3.05, 3.63) is 30.0 Å². The van der Waals surface area contributed by atoms with Gasteiger partial charge < -0.3 is 15.2 Å². The van der Waals surface area contributed by atoms with E-state index in [4.69, 9.17) is 5.11 Å². The first-order valence-corrected chi connectivity index (χ1v) is 5.06. The molecule has 3 heterocycles. The standard InChI is InChI=1S/C10H9N6O.Re/c1-6-12-9-8(4-11-14-9)10(13-6)16-3-2-7(5-17)15-16;/h2-4,17H,5H2,1H3;/q-1;. The molecule has 3 aromatic rings. The molecule has 0 atom stereocenters. The smallest absolute Gasteiger partial charge is 0.161 e. The second-order valence-corrected chi connectivity index (χ2v) is 3.59. The zero-order valence-electron chi connectivity index (χ0n) is 9.45. The molecule has 0 saturated carbocycles. The van der Waals surface area contributed by atoms with Gasteiger partial charge in [-0.3, -0.25) is 5.10 Å². The summed E-state index contributed by atoms with van der Waals surface area (Å²) in [5, 5.41) is 21.6. The Morgan fingerprint density at radius 3 is 2.94 bits per heavy atom. The minimum atomic E-state index is -0.0995. The number of nitrogens with zero attached hydrogens (tertiary/aromatic N) is 6. The average Bonchev–Trinajstić information content (AvgIpc) is 2.95. The normalized spacial score (nSPS) is 10.6. The van der Waals surface area contributed by atoms with Crippen LogP contribution in [0.1, 0.15) is 11.5 Å². The van der Waals surface area contributed by atoms with Crippen LogP contribution in [-0.4, -0.2) is 30.0 Å². The molecule has 0 amide bonds. The molecule has 0 aromatic carbocycles. The van der Waals surface area contributed by atoms with E-state index in [0.29, 0.717) is 23.0 Å². The summed E-state index contributed by atoms with van der Waals surface area (Å²) in [7, 11) is 0. The Balaban J connectivity index is 0.00000120. The third-order valence-electron chi connectivity index (χ3n) is 2.38. The van der Waals surface area contributed by atoms with Crippen molar-refractivity contribution < 1.29 is 25.5 Å². The first-order valence-electron chi connectivity index (χ1n) is 5.06. The second kappa shape index (κ2) is 4.94. The van der Waals surface area contributed by atoms with E-state index in [9.17, 15) is 0 Å². The van der Waals surface area contributed by atoms with Crippen LogP contribution in [0, 0.1) is 6.92 Å². The molecule has 93 valence electrons. The number of fused-ring (bicyclic) bond motifs is 1. The van der Waals surface area contributed by atoms with Crippen LogP contribution in [0.4, 0.5) is 0 Å². The maximum atomic E-state index is 8.99. The zero-order chi connectivity index (χ0) is 11.8. The minimum Gasteiger partial charge on any atom is -0.422 e. The van der Waals surface area contributed by atoms with E-state index < -0.39 is 0 Å². The average molecular weight is 415 g/mol. The van der Waals surface area contributed by atoms with E-state index in [1.54, 1.807) is 30.1 Å². The van der Waals surface area contributed by atoms with Crippen molar-refractivity contribution in [2.45, 2.75) is 13.5 Å². The SMILES string of the molecule is Cc1nc(-n2ccc(CO)n2)c2cn[n-]c2n1.[Re]. The first kappa shape index (κ1) is 12.8. The van der Waals surface area contributed by atoms with Gasteiger partial charge in [0.2, 0.25) is 0 Å². The van der Waals surface area contributed by atoms with E-state index in [1.807, 2.05) is 0 Å². The molecule has 0 unspecified atom stereocenters. The van der Waals surface area contributed by atoms with Crippen LogP contribution in [-0.2, 0) is 27.0 Å². The van der Waals surface area contributed by atoms with Crippen LogP contribution in [0.15, 0.2) is 18.5 Å². The minimum absolute atomic E-state index is 0. The molecular formula is C10H9N6ORe-. The molecule has 7 nitrogen and oxygen atoms in total. The van der Waals surface area contributed by atoms with Crippen molar-refractivity contribution in [2.24, 2.45) is 0 Å². The predicted molar refractivity (Wildman–Crippen MR) is 58.4 cm³/mol. The monoisotopic (exact) mass is 416 g/mol. The van der Waals surface area contributed by atoms with Crippen LogP contribution in [0.5, 0.6) is 0 Å². The number of aliphatic hydroxyl groups excluding tert-OH is 1. The fraction of sp³-hybridized carbons (Fsp3) is 0.200. The summed E-state index contributed by atoms with van der Waals surface area (Å²) in [6.07, 6.45) is 3.34. The van der Waals surface area contributed by atoms with Crippen LogP contribution < -0.4 is 5.10 Å². The zero-order valence-corrected chi connectivity index (χ0v) is 12.2. The maximum absolute atomic E-state index is 8.99. The maximum Gasteiger partial charge on any atom is 0.161 e. The van der Waals surface area contributed by atoms with Gasteiger partial charge in [0.25, 0.3) is 0 Å². The first-order chi connectivity index (χ1) is 8.28. The van der Waals surface area contributed by atoms with Gasteiger partial charge in [0, 0.05) is 44.0 Å². The Labute approximate surface area is 116 Å². The molecule has 0 fully saturated rings. The fourth-order valence-electron chi connectivity index (χ4n) is 1.62. The Bertz CT molecular complexity index is 676. The van der Waals surface area contributed by atoms with Gasteiger partial charge in [-0.2, -0.15) is 5.10 Å². The van der Waals surface area contributed by atoms with Gasteiger partial charge in [-0.1, -0.05) is 0 Å². The number of hydrogen-bond acceptors (Lipinski definition) is 5. The molecule has 0 saturated heterocycles. The summed E-state index contributed by atoms with van der Waals surface area (Å²) in [6.45, 7) is 1.69. The number of aryl methyl sites for hydroxylation is 1. The largest absolute Gasteiger partial charge is 0.422 e. The molecule has 1 radical (unpaired) electrons. The molecule has 0 aliphatic heterocycles. The van der Waals surface area contributed by atoms with Gasteiger partial charge in [-0.15, -0.1) is 0 Å². The van der Waals surface area contributed by atoms with Crippen molar-refractivity contribution in [1.29, 1.82) is 0 Å². The van der Waals surface area contributed by atoms with E-state index >= 15 is 0 Å². The summed E-state index contributed by atoms with van der Waals surface area (Å²) in [5.74, 6) is 1.23. The summed E-state index contributed by atoms with van der Waals surface area (Å²) in [6, 6.07) is 1.73. The third-order valence-corrected chi connectivity index (χ3v) is 2.38. The van der Waals surface area contributed by atoms with Crippen molar-refractivity contribution >= 4 is 11.0 Å². The predicted octanol–water partition coefficient (Wildman–Crippen LogP) is -0.0341. The van der Waals surface area contributed by atoms with E-state index in [-0.39, 0.29) is 27.0 Å². The van der Waals surface area contributed by atoms with Gasteiger partial charge in [0.15, 0.2) is 5.82 Å². The Morgan fingerprint density at radius 2 is 2.22 bits per heavy atom. The Hall–Kier alpha value is -1.62. The van der Waals surface area contributed by atoms with Crippen molar-refractivity contribution in [3.63, 3.8) is 0 Å². The van der Waals surface area contributed by atoms with E-state index in [2.05, 4.69) is 25.3 Å². The summed E-state index contributed by atoms with van der Waals surface area (Å²) in [4.78, 5) is 8.49. The fourth-order valence-corrected chi connectivity index (χ4v) is 1.62. The molecule has 18 heavy (non-hydrogen) atoms. The molecule has 0 aliphatic rings. The van der Waals surface area contributed by atoms with Crippen molar-refractivity contribution in [1.82, 2.24) is 29.9 Å². The van der Waals surface area contributed by atoms with Gasteiger partial charge in [0.05, 0.1) is 12.3 Å². The summed E-state index contributed by atoms with van der Waals surface area (Å²) < 4.78 is 1.59. The molecule has 0 bridgehead atoms. The number of hydrogen-bond donors (Lipinski definition) is 1. The van der Waals surface area contributed by atoms with E-state index in [0.717, 1.165) is 5.39 Å². The third kappa shape index (κ3) is 2.06. The molecule has 1 N–H and O–H groups in total. The van der Waals surface area contributed by atoms with Crippen LogP contribution in [0.25, 0.3) is 16.9 Å². The molecule has 3 aromatic heterocycles. The molecule has 3 rings (SSSR count). The van der Waals surface area contributed by atoms with E-state index in [1.165, 1.54) is 0 Å². The quantitative estimate of drug-likeness (QED) is 0.632. The van der Waals surface area contributed by atoms with Gasteiger partial charge in [-0.25, -0.2) is 9.67 Å². The molecule has 0 aliphatic carbocycles. The molecule has 8 heteroatoms.